The van der Waals surface area contributed by atoms with Gasteiger partial charge >= 0.3 is 0 Å². The second-order valence-electron chi connectivity index (χ2n) is 4.00. The van der Waals surface area contributed by atoms with Crippen molar-refractivity contribution in [3.05, 3.63) is 59.1 Å². The Balaban J connectivity index is 2.06. The van der Waals surface area contributed by atoms with Crippen LogP contribution in [-0.2, 0) is 6.42 Å². The molecule has 3 heteroatoms. The first-order valence-electron chi connectivity index (χ1n) is 5.86. The minimum absolute atomic E-state index is 0.721. The van der Waals surface area contributed by atoms with E-state index in [1.807, 2.05) is 36.4 Å². The van der Waals surface area contributed by atoms with Crippen LogP contribution in [0.1, 0.15) is 12.0 Å². The maximum absolute atomic E-state index is 5.84. The van der Waals surface area contributed by atoms with Gasteiger partial charge in [0.05, 0.1) is 0 Å². The number of hydrogen-bond acceptors (Lipinski definition) is 1. The highest BCUT2D eigenvalue weighted by Gasteiger charge is 1.99. The molecular formula is C15H14ClIO. The molecule has 0 unspecified atom stereocenters. The van der Waals surface area contributed by atoms with Crippen molar-refractivity contribution in [2.24, 2.45) is 0 Å². The third-order valence-electron chi connectivity index (χ3n) is 2.55. The molecule has 0 aromatic heterocycles. The van der Waals surface area contributed by atoms with E-state index in [4.69, 9.17) is 16.3 Å². The Kier molecular flexibility index (Phi) is 5.32. The van der Waals surface area contributed by atoms with E-state index in [1.54, 1.807) is 0 Å². The first kappa shape index (κ1) is 13.7. The summed E-state index contributed by atoms with van der Waals surface area (Å²) in [6.07, 6.45) is 2.30. The molecule has 0 fully saturated rings. The molecular weight excluding hydrogens is 359 g/mol. The van der Waals surface area contributed by atoms with Gasteiger partial charge in [0.1, 0.15) is 11.5 Å². The molecule has 0 spiro atoms. The SMILES string of the molecule is Clc1ccc(Oc2cccc(CCCI)c2)cc1. The number of aryl methyl sites for hydroxylation is 1. The highest BCUT2D eigenvalue weighted by molar-refractivity contribution is 14.1. The van der Waals surface area contributed by atoms with E-state index < -0.39 is 0 Å². The van der Waals surface area contributed by atoms with Gasteiger partial charge < -0.3 is 4.74 Å². The van der Waals surface area contributed by atoms with Crippen molar-refractivity contribution in [3.63, 3.8) is 0 Å². The van der Waals surface area contributed by atoms with Crippen LogP contribution in [0.15, 0.2) is 48.5 Å². The van der Waals surface area contributed by atoms with Crippen LogP contribution in [0.4, 0.5) is 0 Å². The van der Waals surface area contributed by atoms with E-state index in [-0.39, 0.29) is 0 Å². The molecule has 0 heterocycles. The molecule has 94 valence electrons. The fraction of sp³-hybridized carbons (Fsp3) is 0.200. The summed E-state index contributed by atoms with van der Waals surface area (Å²) < 4.78 is 6.97. The summed E-state index contributed by atoms with van der Waals surface area (Å²) in [6, 6.07) is 15.7. The Labute approximate surface area is 126 Å². The summed E-state index contributed by atoms with van der Waals surface area (Å²) in [7, 11) is 0. The minimum atomic E-state index is 0.721. The Hall–Kier alpha value is -0.740. The maximum atomic E-state index is 5.84. The number of benzene rings is 2. The summed E-state index contributed by atoms with van der Waals surface area (Å²) in [4.78, 5) is 0. The molecule has 0 aliphatic rings. The van der Waals surface area contributed by atoms with Crippen molar-refractivity contribution in [3.8, 4) is 11.5 Å². The number of alkyl halides is 1. The third kappa shape index (κ3) is 4.18. The molecule has 0 aliphatic carbocycles. The largest absolute Gasteiger partial charge is 0.457 e. The highest BCUT2D eigenvalue weighted by Crippen LogP contribution is 2.24. The zero-order chi connectivity index (χ0) is 12.8. The lowest BCUT2D eigenvalue weighted by Gasteiger charge is -2.07. The molecule has 0 atom stereocenters. The number of hydrogen-bond donors (Lipinski definition) is 0. The normalized spacial score (nSPS) is 10.3. The van der Waals surface area contributed by atoms with Crippen molar-refractivity contribution in [2.75, 3.05) is 4.43 Å². The van der Waals surface area contributed by atoms with E-state index in [9.17, 15) is 0 Å². The molecule has 0 saturated carbocycles. The third-order valence-corrected chi connectivity index (χ3v) is 3.56. The van der Waals surface area contributed by atoms with Crippen LogP contribution >= 0.6 is 34.2 Å². The molecule has 2 aromatic rings. The van der Waals surface area contributed by atoms with Crippen LogP contribution in [0.2, 0.25) is 5.02 Å². The fourth-order valence-corrected chi connectivity index (χ4v) is 2.18. The van der Waals surface area contributed by atoms with Crippen LogP contribution in [0.3, 0.4) is 0 Å². The van der Waals surface area contributed by atoms with Crippen LogP contribution in [-0.4, -0.2) is 4.43 Å². The Morgan fingerprint density at radius 1 is 1.00 bits per heavy atom. The van der Waals surface area contributed by atoms with Gasteiger partial charge in [-0.1, -0.05) is 46.3 Å². The van der Waals surface area contributed by atoms with Crippen molar-refractivity contribution in [1.82, 2.24) is 0 Å². The number of ether oxygens (including phenoxy) is 1. The van der Waals surface area contributed by atoms with Gasteiger partial charge in [-0.05, 0) is 59.2 Å². The van der Waals surface area contributed by atoms with E-state index in [0.717, 1.165) is 22.9 Å². The van der Waals surface area contributed by atoms with E-state index in [0.29, 0.717) is 0 Å². The first-order chi connectivity index (χ1) is 8.78. The van der Waals surface area contributed by atoms with E-state index in [1.165, 1.54) is 16.4 Å². The van der Waals surface area contributed by atoms with Crippen LogP contribution < -0.4 is 4.74 Å². The molecule has 0 radical (unpaired) electrons. The Morgan fingerprint density at radius 3 is 2.50 bits per heavy atom. The molecule has 2 rings (SSSR count). The van der Waals surface area contributed by atoms with Gasteiger partial charge in [-0.3, -0.25) is 0 Å². The lowest BCUT2D eigenvalue weighted by atomic mass is 10.1. The van der Waals surface area contributed by atoms with E-state index >= 15 is 0 Å². The van der Waals surface area contributed by atoms with Crippen LogP contribution in [0, 0.1) is 0 Å². The molecule has 2 aromatic carbocycles. The van der Waals surface area contributed by atoms with Gasteiger partial charge in [-0.15, -0.1) is 0 Å². The van der Waals surface area contributed by atoms with Gasteiger partial charge in [-0.2, -0.15) is 0 Å². The zero-order valence-electron chi connectivity index (χ0n) is 9.90. The molecule has 0 N–H and O–H groups in total. The zero-order valence-corrected chi connectivity index (χ0v) is 12.8. The summed E-state index contributed by atoms with van der Waals surface area (Å²) in [6.45, 7) is 0. The maximum Gasteiger partial charge on any atom is 0.127 e. The lowest BCUT2D eigenvalue weighted by Crippen LogP contribution is -1.88. The molecule has 0 saturated heterocycles. The standard InChI is InChI=1S/C15H14ClIO/c16-13-6-8-14(9-7-13)18-15-5-1-3-12(11-15)4-2-10-17/h1,3,5-9,11H,2,4,10H2. The first-order valence-corrected chi connectivity index (χ1v) is 7.76. The number of rotatable bonds is 5. The smallest absolute Gasteiger partial charge is 0.127 e. The van der Waals surface area contributed by atoms with Crippen LogP contribution in [0.25, 0.3) is 0 Å². The van der Waals surface area contributed by atoms with Gasteiger partial charge in [-0.25, -0.2) is 0 Å². The predicted octanol–water partition coefficient (Wildman–Crippen LogP) is 5.50. The second kappa shape index (κ2) is 7.00. The predicted molar refractivity (Wildman–Crippen MR) is 85.2 cm³/mol. The lowest BCUT2D eigenvalue weighted by molar-refractivity contribution is 0.482. The Bertz CT molecular complexity index is 496. The summed E-state index contributed by atoms with van der Waals surface area (Å²) in [5.41, 5.74) is 1.32. The second-order valence-corrected chi connectivity index (χ2v) is 5.51. The average molecular weight is 373 g/mol. The van der Waals surface area contributed by atoms with Crippen molar-refractivity contribution < 1.29 is 4.74 Å². The van der Waals surface area contributed by atoms with Crippen molar-refractivity contribution in [2.45, 2.75) is 12.8 Å². The molecule has 0 aliphatic heterocycles. The molecule has 18 heavy (non-hydrogen) atoms. The van der Waals surface area contributed by atoms with Crippen molar-refractivity contribution >= 4 is 34.2 Å². The van der Waals surface area contributed by atoms with Gasteiger partial charge in [0.15, 0.2) is 0 Å². The monoisotopic (exact) mass is 372 g/mol. The minimum Gasteiger partial charge on any atom is -0.457 e. The molecule has 0 bridgehead atoms. The quantitative estimate of drug-likeness (QED) is 0.497. The summed E-state index contributed by atoms with van der Waals surface area (Å²) >= 11 is 8.24. The number of halogens is 2. The highest BCUT2D eigenvalue weighted by atomic mass is 127. The van der Waals surface area contributed by atoms with E-state index in [2.05, 4.69) is 34.7 Å². The Morgan fingerprint density at radius 2 is 1.78 bits per heavy atom. The fourth-order valence-electron chi connectivity index (χ4n) is 1.67. The summed E-state index contributed by atoms with van der Waals surface area (Å²) in [5, 5.41) is 0.721. The molecule has 1 nitrogen and oxygen atoms in total. The van der Waals surface area contributed by atoms with Gasteiger partial charge in [0.25, 0.3) is 0 Å². The topological polar surface area (TPSA) is 9.23 Å². The van der Waals surface area contributed by atoms with Crippen molar-refractivity contribution in [1.29, 1.82) is 0 Å². The summed E-state index contributed by atoms with van der Waals surface area (Å²) in [5.74, 6) is 1.69. The van der Waals surface area contributed by atoms with Gasteiger partial charge in [0.2, 0.25) is 0 Å². The average Bonchev–Trinajstić information content (AvgIpc) is 2.40. The van der Waals surface area contributed by atoms with Gasteiger partial charge in [0, 0.05) is 5.02 Å². The van der Waals surface area contributed by atoms with Crippen LogP contribution in [0.5, 0.6) is 11.5 Å². The molecule has 0 amide bonds.